The molecule has 3 aromatic rings. The van der Waals surface area contributed by atoms with Crippen molar-refractivity contribution in [3.63, 3.8) is 0 Å². The molecule has 1 atom stereocenters. The highest BCUT2D eigenvalue weighted by Gasteiger charge is 2.22. The molecule has 2 fully saturated rings. The molecular formula is C36H43ClN4O2. The highest BCUT2D eigenvalue weighted by molar-refractivity contribution is 6.30. The van der Waals surface area contributed by atoms with Gasteiger partial charge in [-0.2, -0.15) is 0 Å². The van der Waals surface area contributed by atoms with Crippen molar-refractivity contribution in [3.8, 4) is 0 Å². The van der Waals surface area contributed by atoms with Gasteiger partial charge in [0, 0.05) is 49.9 Å². The summed E-state index contributed by atoms with van der Waals surface area (Å²) in [5, 5.41) is 7.28. The van der Waals surface area contributed by atoms with Crippen molar-refractivity contribution in [3.05, 3.63) is 112 Å². The lowest BCUT2D eigenvalue weighted by Crippen LogP contribution is -2.41. The van der Waals surface area contributed by atoms with Crippen LogP contribution in [0, 0.1) is 6.92 Å². The zero-order valence-corrected chi connectivity index (χ0v) is 25.9. The monoisotopic (exact) mass is 598 g/mol. The van der Waals surface area contributed by atoms with Crippen LogP contribution in [0.3, 0.4) is 0 Å². The van der Waals surface area contributed by atoms with Crippen LogP contribution in [0.5, 0.6) is 0 Å². The predicted octanol–water partition coefficient (Wildman–Crippen LogP) is 6.20. The molecular weight excluding hydrogens is 556 g/mol. The van der Waals surface area contributed by atoms with Crippen molar-refractivity contribution in [2.45, 2.75) is 64.6 Å². The summed E-state index contributed by atoms with van der Waals surface area (Å²) in [7, 11) is 0. The highest BCUT2D eigenvalue weighted by atomic mass is 35.5. The van der Waals surface area contributed by atoms with Crippen LogP contribution in [0.25, 0.3) is 0 Å². The van der Waals surface area contributed by atoms with Gasteiger partial charge in [0.1, 0.15) is 0 Å². The number of rotatable bonds is 11. The molecule has 2 aliphatic rings. The van der Waals surface area contributed by atoms with Gasteiger partial charge in [-0.3, -0.25) is 9.59 Å². The normalized spacial score (nSPS) is 16.2. The van der Waals surface area contributed by atoms with Gasteiger partial charge in [-0.25, -0.2) is 0 Å². The number of nitrogens with one attached hydrogen (secondary N) is 2. The smallest absolute Gasteiger partial charge is 0.234 e. The van der Waals surface area contributed by atoms with E-state index in [4.69, 9.17) is 11.6 Å². The zero-order chi connectivity index (χ0) is 30.0. The number of para-hydroxylation sites is 1. The van der Waals surface area contributed by atoms with Gasteiger partial charge in [0.05, 0.1) is 12.6 Å². The molecule has 0 radical (unpaired) electrons. The Labute approximate surface area is 261 Å². The van der Waals surface area contributed by atoms with Gasteiger partial charge in [0.25, 0.3) is 0 Å². The molecule has 3 aromatic carbocycles. The minimum Gasteiger partial charge on any atom is -0.371 e. The fraction of sp³-hybridized carbons (Fsp3) is 0.389. The first-order valence-electron chi connectivity index (χ1n) is 15.5. The van der Waals surface area contributed by atoms with E-state index in [9.17, 15) is 9.59 Å². The summed E-state index contributed by atoms with van der Waals surface area (Å²) in [5.74, 6) is 0.257. The summed E-state index contributed by atoms with van der Waals surface area (Å²) < 4.78 is 0. The molecule has 0 aliphatic carbocycles. The molecule has 6 nitrogen and oxygen atoms in total. The van der Waals surface area contributed by atoms with Gasteiger partial charge in [0.2, 0.25) is 11.8 Å². The van der Waals surface area contributed by atoms with Gasteiger partial charge in [-0.05, 0) is 79.5 Å². The number of piperidine rings is 2. The Balaban J connectivity index is 1.21. The van der Waals surface area contributed by atoms with E-state index in [2.05, 4.69) is 64.9 Å². The molecule has 0 spiro atoms. The third-order valence-electron chi connectivity index (χ3n) is 8.53. The van der Waals surface area contributed by atoms with Crippen LogP contribution in [-0.4, -0.2) is 48.9 Å². The maximum absolute atomic E-state index is 13.0. The van der Waals surface area contributed by atoms with Crippen LogP contribution >= 0.6 is 11.6 Å². The lowest BCUT2D eigenvalue weighted by atomic mass is 9.97. The topological polar surface area (TPSA) is 64.7 Å². The predicted molar refractivity (Wildman–Crippen MR) is 175 cm³/mol. The van der Waals surface area contributed by atoms with E-state index in [1.54, 1.807) is 0 Å². The van der Waals surface area contributed by atoms with Crippen molar-refractivity contribution >= 4 is 29.1 Å². The van der Waals surface area contributed by atoms with Crippen molar-refractivity contribution in [2.24, 2.45) is 0 Å². The molecule has 0 saturated carbocycles. The van der Waals surface area contributed by atoms with E-state index < -0.39 is 0 Å². The molecule has 0 aromatic heterocycles. The second-order valence-corrected chi connectivity index (χ2v) is 12.2. The first kappa shape index (κ1) is 30.8. The molecule has 2 saturated heterocycles. The number of halogens is 1. The van der Waals surface area contributed by atoms with Crippen LogP contribution < -0.4 is 15.5 Å². The molecule has 0 bridgehead atoms. The van der Waals surface area contributed by atoms with Gasteiger partial charge in [-0.1, -0.05) is 77.8 Å². The second kappa shape index (κ2) is 15.2. The number of hydrogen-bond acceptors (Lipinski definition) is 4. The minimum absolute atomic E-state index is 0.0111. The maximum atomic E-state index is 13.0. The van der Waals surface area contributed by atoms with Gasteiger partial charge >= 0.3 is 0 Å². The molecule has 2 N–H and O–H groups in total. The van der Waals surface area contributed by atoms with Crippen molar-refractivity contribution in [1.82, 2.24) is 15.5 Å². The number of aryl methyl sites for hydroxylation is 1. The first-order valence-corrected chi connectivity index (χ1v) is 15.9. The van der Waals surface area contributed by atoms with E-state index in [1.807, 2.05) is 41.3 Å². The molecule has 43 heavy (non-hydrogen) atoms. The summed E-state index contributed by atoms with van der Waals surface area (Å²) in [4.78, 5) is 29.9. The van der Waals surface area contributed by atoms with Crippen molar-refractivity contribution in [1.29, 1.82) is 0 Å². The Kier molecular flexibility index (Phi) is 10.9. The van der Waals surface area contributed by atoms with E-state index in [0.717, 1.165) is 50.9 Å². The Morgan fingerprint density at radius 2 is 1.63 bits per heavy atom. The summed E-state index contributed by atoms with van der Waals surface area (Å²) >= 11 is 6.13. The quantitative estimate of drug-likeness (QED) is 0.258. The molecule has 1 unspecified atom stereocenters. The average Bonchev–Trinajstić information content (AvgIpc) is 3.01. The van der Waals surface area contributed by atoms with Crippen molar-refractivity contribution in [2.75, 3.05) is 31.1 Å². The second-order valence-electron chi connectivity index (χ2n) is 11.7. The molecule has 2 aliphatic heterocycles. The number of nitrogens with zero attached hydrogens (tertiary/aromatic N) is 2. The number of benzene rings is 3. The maximum Gasteiger partial charge on any atom is 0.234 e. The molecule has 2 amide bonds. The number of anilines is 1. The number of likely N-dealkylation sites (tertiary alicyclic amines) is 1. The van der Waals surface area contributed by atoms with Crippen LogP contribution in [0.1, 0.15) is 54.4 Å². The fourth-order valence-electron chi connectivity index (χ4n) is 6.08. The number of amides is 2. The van der Waals surface area contributed by atoms with Crippen molar-refractivity contribution < 1.29 is 9.59 Å². The van der Waals surface area contributed by atoms with E-state index in [-0.39, 0.29) is 24.4 Å². The molecule has 2 heterocycles. The van der Waals surface area contributed by atoms with Gasteiger partial charge in [0.15, 0.2) is 0 Å². The van der Waals surface area contributed by atoms with E-state index in [0.29, 0.717) is 31.0 Å². The third kappa shape index (κ3) is 8.94. The molecule has 7 heteroatoms. The van der Waals surface area contributed by atoms with Crippen LogP contribution in [0.2, 0.25) is 5.02 Å². The largest absolute Gasteiger partial charge is 0.371 e. The molecule has 5 rings (SSSR count). The lowest BCUT2D eigenvalue weighted by molar-refractivity contribution is -0.133. The Hall–Kier alpha value is -3.61. The fourth-order valence-corrected chi connectivity index (χ4v) is 6.20. The first-order chi connectivity index (χ1) is 20.9. The van der Waals surface area contributed by atoms with Crippen LogP contribution in [-0.2, 0) is 29.1 Å². The Morgan fingerprint density at radius 3 is 2.37 bits per heavy atom. The minimum atomic E-state index is -0.104. The Bertz CT molecular complexity index is 1410. The number of carbonyl (C=O) groups excluding carboxylic acids is 2. The average molecular weight is 599 g/mol. The number of carbonyl (C=O) groups is 2. The van der Waals surface area contributed by atoms with Crippen LogP contribution in [0.15, 0.2) is 84.4 Å². The summed E-state index contributed by atoms with van der Waals surface area (Å²) in [6, 6.07) is 24.5. The standard InChI is InChI=1S/C36H43ClN4O2/c1-27-8-2-3-9-30(27)24-38-25-35(42)39-33(22-28-13-15-32(37)16-14-28)23-29-17-20-40(21-18-29)34-11-5-4-10-31(34)26-41-19-7-6-12-36(41)43/h2-5,8-11,13-16,23,33,38H,6-7,12,17-22,24-26H2,1H3,(H,39,42). The zero-order valence-electron chi connectivity index (χ0n) is 25.2. The number of hydrogen-bond donors (Lipinski definition) is 2. The van der Waals surface area contributed by atoms with Gasteiger partial charge in [-0.15, -0.1) is 0 Å². The van der Waals surface area contributed by atoms with E-state index >= 15 is 0 Å². The van der Waals surface area contributed by atoms with E-state index in [1.165, 1.54) is 28.0 Å². The molecule has 226 valence electrons. The van der Waals surface area contributed by atoms with Gasteiger partial charge < -0.3 is 20.4 Å². The Morgan fingerprint density at radius 1 is 0.907 bits per heavy atom. The third-order valence-corrected chi connectivity index (χ3v) is 8.79. The lowest BCUT2D eigenvalue weighted by Gasteiger charge is -2.34. The summed E-state index contributed by atoms with van der Waals surface area (Å²) in [6.45, 7) is 6.37. The summed E-state index contributed by atoms with van der Waals surface area (Å²) in [6.07, 6.45) is 7.61. The SMILES string of the molecule is Cc1ccccc1CNCC(=O)NC(C=C1CCN(c2ccccc2CN2CCCCC2=O)CC1)Cc1ccc(Cl)cc1. The highest BCUT2D eigenvalue weighted by Crippen LogP contribution is 2.28. The van der Waals surface area contributed by atoms with Crippen LogP contribution in [0.4, 0.5) is 5.69 Å². The summed E-state index contributed by atoms with van der Waals surface area (Å²) in [5.41, 5.74) is 7.37.